The molecule has 3 rings (SSSR count). The summed E-state index contributed by atoms with van der Waals surface area (Å²) in [6.07, 6.45) is 1.63. The van der Waals surface area contributed by atoms with Crippen LogP contribution in [-0.2, 0) is 11.3 Å². The number of rotatable bonds is 8. The lowest BCUT2D eigenvalue weighted by Crippen LogP contribution is -2.15. The zero-order valence-electron chi connectivity index (χ0n) is 17.4. The smallest absolute Gasteiger partial charge is 0.235 e. The Morgan fingerprint density at radius 2 is 1.83 bits per heavy atom. The van der Waals surface area contributed by atoms with Gasteiger partial charge in [-0.2, -0.15) is 0 Å². The summed E-state index contributed by atoms with van der Waals surface area (Å²) in [5.74, 6) is 2.08. The zero-order valence-corrected chi connectivity index (χ0v) is 18.2. The van der Waals surface area contributed by atoms with Crippen molar-refractivity contribution >= 4 is 23.5 Å². The van der Waals surface area contributed by atoms with Crippen LogP contribution in [0.1, 0.15) is 16.7 Å². The highest BCUT2D eigenvalue weighted by atomic mass is 32.2. The zero-order chi connectivity index (χ0) is 21.7. The topological polar surface area (TPSA) is 85.6 Å². The fraction of sp³-hybridized carbons (Fsp3) is 0.273. The van der Waals surface area contributed by atoms with Crippen LogP contribution in [0.2, 0.25) is 0 Å². The van der Waals surface area contributed by atoms with Gasteiger partial charge >= 0.3 is 0 Å². The monoisotopic (exact) mass is 427 g/mol. The van der Waals surface area contributed by atoms with Gasteiger partial charge in [-0.15, -0.1) is 0 Å². The summed E-state index contributed by atoms with van der Waals surface area (Å²) < 4.78 is 12.5. The summed E-state index contributed by atoms with van der Waals surface area (Å²) in [4.78, 5) is 16.5. The van der Waals surface area contributed by atoms with Crippen molar-refractivity contribution in [2.45, 2.75) is 25.4 Å². The molecule has 7 nitrogen and oxygen atoms in total. The minimum Gasteiger partial charge on any atom is -0.497 e. The molecule has 2 aromatic heterocycles. The third kappa shape index (κ3) is 4.88. The number of aromatic hydroxyl groups is 1. The molecule has 0 saturated carbocycles. The molecule has 0 fully saturated rings. The number of anilines is 1. The number of pyridine rings is 1. The Hall–Kier alpha value is -3.13. The highest BCUT2D eigenvalue weighted by Gasteiger charge is 2.19. The van der Waals surface area contributed by atoms with Crippen LogP contribution in [0.15, 0.2) is 47.6 Å². The largest absolute Gasteiger partial charge is 0.497 e. The van der Waals surface area contributed by atoms with Gasteiger partial charge in [0.15, 0.2) is 5.88 Å². The molecular weight excluding hydrogens is 402 g/mol. The SMILES string of the molecule is COc1cc(Cn2c(O)c(C)c(C)c2SCC(=O)Nc2ccccn2)cc(OC)c1. The van der Waals surface area contributed by atoms with Crippen LogP contribution >= 0.6 is 11.8 Å². The first-order chi connectivity index (χ1) is 14.4. The number of carbonyl (C=O) groups is 1. The predicted octanol–water partition coefficient (Wildman–Crippen LogP) is 4.00. The standard InChI is InChI=1S/C22H25N3O4S/c1-14-15(2)22(30-13-20(26)24-19-7-5-6-8-23-19)25(21(14)27)12-16-9-17(28-3)11-18(10-16)29-4/h5-11,27H,12-13H2,1-4H3,(H,23,24,26). The molecule has 158 valence electrons. The number of aromatic nitrogens is 2. The van der Waals surface area contributed by atoms with E-state index in [0.29, 0.717) is 23.9 Å². The number of hydrogen-bond acceptors (Lipinski definition) is 6. The molecule has 0 aliphatic carbocycles. The summed E-state index contributed by atoms with van der Waals surface area (Å²) in [6.45, 7) is 4.22. The van der Waals surface area contributed by atoms with Gasteiger partial charge in [0, 0.05) is 17.8 Å². The van der Waals surface area contributed by atoms with Crippen LogP contribution in [0.25, 0.3) is 0 Å². The van der Waals surface area contributed by atoms with E-state index in [0.717, 1.165) is 21.7 Å². The lowest BCUT2D eigenvalue weighted by atomic mass is 10.2. The Kier molecular flexibility index (Phi) is 6.89. The van der Waals surface area contributed by atoms with Gasteiger partial charge in [0.25, 0.3) is 0 Å². The number of hydrogen-bond donors (Lipinski definition) is 2. The van der Waals surface area contributed by atoms with E-state index in [1.807, 2.05) is 32.0 Å². The Bertz CT molecular complexity index is 1010. The molecule has 1 aromatic carbocycles. The Morgan fingerprint density at radius 3 is 2.43 bits per heavy atom. The first-order valence-corrected chi connectivity index (χ1v) is 10.4. The summed E-state index contributed by atoms with van der Waals surface area (Å²) in [7, 11) is 3.20. The maximum absolute atomic E-state index is 12.3. The first-order valence-electron chi connectivity index (χ1n) is 9.37. The van der Waals surface area contributed by atoms with Gasteiger partial charge in [-0.25, -0.2) is 4.98 Å². The van der Waals surface area contributed by atoms with E-state index in [-0.39, 0.29) is 17.5 Å². The number of thioether (sulfide) groups is 1. The second kappa shape index (κ2) is 9.58. The van der Waals surface area contributed by atoms with Gasteiger partial charge in [-0.05, 0) is 49.2 Å². The van der Waals surface area contributed by atoms with Crippen LogP contribution in [0.3, 0.4) is 0 Å². The summed E-state index contributed by atoms with van der Waals surface area (Å²) >= 11 is 1.38. The second-order valence-electron chi connectivity index (χ2n) is 6.74. The summed E-state index contributed by atoms with van der Waals surface area (Å²) in [6, 6.07) is 10.9. The quantitative estimate of drug-likeness (QED) is 0.529. The average Bonchev–Trinajstić information content (AvgIpc) is 2.96. The summed E-state index contributed by atoms with van der Waals surface area (Å²) in [5, 5.41) is 14.3. The molecule has 0 saturated heterocycles. The molecule has 2 heterocycles. The minimum absolute atomic E-state index is 0.161. The molecule has 8 heteroatoms. The molecule has 0 atom stereocenters. The van der Waals surface area contributed by atoms with E-state index < -0.39 is 0 Å². The molecule has 0 spiro atoms. The van der Waals surface area contributed by atoms with Crippen molar-refractivity contribution in [1.29, 1.82) is 0 Å². The van der Waals surface area contributed by atoms with Crippen molar-refractivity contribution in [3.8, 4) is 17.4 Å². The van der Waals surface area contributed by atoms with Crippen LogP contribution in [0.4, 0.5) is 5.82 Å². The number of ether oxygens (including phenoxy) is 2. The number of methoxy groups -OCH3 is 2. The van der Waals surface area contributed by atoms with Crippen molar-refractivity contribution in [2.75, 3.05) is 25.3 Å². The van der Waals surface area contributed by atoms with Crippen molar-refractivity contribution < 1.29 is 19.4 Å². The normalized spacial score (nSPS) is 10.7. The Morgan fingerprint density at radius 1 is 1.13 bits per heavy atom. The lowest BCUT2D eigenvalue weighted by molar-refractivity contribution is -0.113. The molecule has 2 N–H and O–H groups in total. The molecule has 0 radical (unpaired) electrons. The molecule has 1 amide bonds. The van der Waals surface area contributed by atoms with Gasteiger partial charge in [0.05, 0.1) is 31.5 Å². The van der Waals surface area contributed by atoms with E-state index in [1.165, 1.54) is 11.8 Å². The third-order valence-corrected chi connectivity index (χ3v) is 5.95. The number of carbonyl (C=O) groups excluding carboxylic acids is 1. The fourth-order valence-corrected chi connectivity index (χ4v) is 4.07. The van der Waals surface area contributed by atoms with E-state index in [4.69, 9.17) is 9.47 Å². The molecule has 30 heavy (non-hydrogen) atoms. The number of amides is 1. The maximum atomic E-state index is 12.3. The van der Waals surface area contributed by atoms with Gasteiger partial charge in [-0.3, -0.25) is 4.79 Å². The predicted molar refractivity (Wildman–Crippen MR) is 118 cm³/mol. The second-order valence-corrected chi connectivity index (χ2v) is 7.70. The van der Waals surface area contributed by atoms with E-state index in [2.05, 4.69) is 10.3 Å². The molecule has 0 bridgehead atoms. The van der Waals surface area contributed by atoms with Gasteiger partial charge in [0.2, 0.25) is 5.91 Å². The van der Waals surface area contributed by atoms with E-state index in [1.54, 1.807) is 43.2 Å². The fourth-order valence-electron chi connectivity index (χ4n) is 3.05. The third-order valence-electron chi connectivity index (χ3n) is 4.74. The van der Waals surface area contributed by atoms with Crippen molar-refractivity contribution in [3.05, 3.63) is 59.3 Å². The first kappa shape index (κ1) is 21.6. The molecule has 3 aromatic rings. The summed E-state index contributed by atoms with van der Waals surface area (Å²) in [5.41, 5.74) is 2.65. The lowest BCUT2D eigenvalue weighted by Gasteiger charge is -2.13. The highest BCUT2D eigenvalue weighted by molar-refractivity contribution is 8.00. The number of nitrogens with zero attached hydrogens (tertiary/aromatic N) is 2. The van der Waals surface area contributed by atoms with Crippen LogP contribution in [-0.4, -0.2) is 40.5 Å². The molecular formula is C22H25N3O4S. The van der Waals surface area contributed by atoms with E-state index in [9.17, 15) is 9.90 Å². The highest BCUT2D eigenvalue weighted by Crippen LogP contribution is 2.35. The van der Waals surface area contributed by atoms with E-state index >= 15 is 0 Å². The maximum Gasteiger partial charge on any atom is 0.235 e. The van der Waals surface area contributed by atoms with Crippen molar-refractivity contribution in [2.24, 2.45) is 0 Å². The minimum atomic E-state index is -0.161. The van der Waals surface area contributed by atoms with Crippen molar-refractivity contribution in [1.82, 2.24) is 9.55 Å². The molecule has 0 aliphatic rings. The number of nitrogens with one attached hydrogen (secondary N) is 1. The number of benzene rings is 1. The molecule has 0 unspecified atom stereocenters. The van der Waals surface area contributed by atoms with Crippen molar-refractivity contribution in [3.63, 3.8) is 0 Å². The molecule has 0 aliphatic heterocycles. The van der Waals surface area contributed by atoms with Crippen LogP contribution < -0.4 is 14.8 Å². The van der Waals surface area contributed by atoms with Crippen LogP contribution in [0, 0.1) is 13.8 Å². The van der Waals surface area contributed by atoms with Gasteiger partial charge in [-0.1, -0.05) is 17.8 Å². The van der Waals surface area contributed by atoms with Crippen LogP contribution in [0.5, 0.6) is 17.4 Å². The average molecular weight is 428 g/mol. The Balaban J connectivity index is 1.81. The Labute approximate surface area is 180 Å². The van der Waals surface area contributed by atoms with Gasteiger partial charge < -0.3 is 24.5 Å². The van der Waals surface area contributed by atoms with Gasteiger partial charge in [0.1, 0.15) is 17.3 Å².